The van der Waals surface area contributed by atoms with Gasteiger partial charge in [-0.2, -0.15) is 0 Å². The molecule has 156 valence electrons. The number of likely N-dealkylation sites (tertiary alicyclic amines) is 1. The fourth-order valence-corrected chi connectivity index (χ4v) is 3.31. The number of aliphatic hydroxyl groups excluding tert-OH is 1. The molecular weight excluding hydrogens is 394 g/mol. The number of β-amino-alcohol motifs (C(OH)–C–C–N with tert-alkyl or cyclic N) is 1. The largest absolute Gasteiger partial charge is 0.489 e. The molecule has 2 unspecified atom stereocenters. The van der Waals surface area contributed by atoms with Crippen LogP contribution in [0.3, 0.4) is 0 Å². The lowest BCUT2D eigenvalue weighted by Gasteiger charge is -2.21. The average molecular weight is 420 g/mol. The maximum absolute atomic E-state index is 11.5. The van der Waals surface area contributed by atoms with E-state index >= 15 is 0 Å². The van der Waals surface area contributed by atoms with E-state index in [4.69, 9.17) is 21.1 Å². The van der Waals surface area contributed by atoms with Crippen LogP contribution in [0, 0.1) is 0 Å². The van der Waals surface area contributed by atoms with E-state index in [9.17, 15) is 9.90 Å². The number of anilines is 1. The number of hydrogen-bond acceptors (Lipinski definition) is 5. The van der Waals surface area contributed by atoms with Crippen LogP contribution in [0.25, 0.3) is 0 Å². The van der Waals surface area contributed by atoms with Gasteiger partial charge in [0.05, 0.1) is 5.69 Å². The quantitative estimate of drug-likeness (QED) is 0.612. The summed E-state index contributed by atoms with van der Waals surface area (Å²) >= 11 is 5.90. The predicted molar refractivity (Wildman–Crippen MR) is 113 cm³/mol. The molecule has 0 bridgehead atoms. The maximum Gasteiger partial charge on any atom is 0.319 e. The average Bonchev–Trinajstić information content (AvgIpc) is 3.15. The molecule has 1 fully saturated rings. The monoisotopic (exact) mass is 419 g/mol. The van der Waals surface area contributed by atoms with Gasteiger partial charge in [-0.1, -0.05) is 23.7 Å². The third-order valence-corrected chi connectivity index (χ3v) is 4.86. The summed E-state index contributed by atoms with van der Waals surface area (Å²) in [5, 5.41) is 16.3. The molecule has 0 spiro atoms. The zero-order valence-corrected chi connectivity index (χ0v) is 17.1. The predicted octanol–water partition coefficient (Wildman–Crippen LogP) is 2.98. The van der Waals surface area contributed by atoms with Gasteiger partial charge in [0.1, 0.15) is 30.3 Å². The SMILES string of the molecule is CNC(=O)Nc1ccccc1OCC(O)CN1CCC(Oc2ccc(Cl)cc2)C1. The molecule has 3 rings (SSSR count). The second kappa shape index (κ2) is 10.3. The number of nitrogens with one attached hydrogen (secondary N) is 2. The van der Waals surface area contributed by atoms with Gasteiger partial charge in [-0.15, -0.1) is 0 Å². The minimum Gasteiger partial charge on any atom is -0.489 e. The van der Waals surface area contributed by atoms with Gasteiger partial charge in [0.2, 0.25) is 0 Å². The topological polar surface area (TPSA) is 83.1 Å². The van der Waals surface area contributed by atoms with Crippen molar-refractivity contribution in [1.82, 2.24) is 10.2 Å². The maximum atomic E-state index is 11.5. The molecule has 2 aromatic carbocycles. The number of carbonyl (C=O) groups excluding carboxylic acids is 1. The number of carbonyl (C=O) groups is 1. The van der Waals surface area contributed by atoms with Gasteiger partial charge < -0.3 is 25.2 Å². The number of hydrogen-bond donors (Lipinski definition) is 3. The van der Waals surface area contributed by atoms with Gasteiger partial charge in [0, 0.05) is 31.7 Å². The van der Waals surface area contributed by atoms with E-state index in [0.717, 1.165) is 25.3 Å². The fraction of sp³-hybridized carbons (Fsp3) is 0.381. The van der Waals surface area contributed by atoms with Crippen molar-refractivity contribution in [3.8, 4) is 11.5 Å². The lowest BCUT2D eigenvalue weighted by Crippen LogP contribution is -2.35. The van der Waals surface area contributed by atoms with Gasteiger partial charge in [-0.25, -0.2) is 4.79 Å². The summed E-state index contributed by atoms with van der Waals surface area (Å²) in [4.78, 5) is 13.7. The first kappa shape index (κ1) is 21.2. The number of halogens is 1. The van der Waals surface area contributed by atoms with Crippen LogP contribution in [0.4, 0.5) is 10.5 Å². The highest BCUT2D eigenvalue weighted by Crippen LogP contribution is 2.24. The smallest absolute Gasteiger partial charge is 0.319 e. The minimum absolute atomic E-state index is 0.0850. The lowest BCUT2D eigenvalue weighted by atomic mass is 10.3. The highest BCUT2D eigenvalue weighted by molar-refractivity contribution is 6.30. The molecule has 1 saturated heterocycles. The van der Waals surface area contributed by atoms with E-state index in [1.165, 1.54) is 0 Å². The summed E-state index contributed by atoms with van der Waals surface area (Å²) < 4.78 is 11.7. The van der Waals surface area contributed by atoms with E-state index in [-0.39, 0.29) is 18.7 Å². The molecule has 0 aliphatic carbocycles. The van der Waals surface area contributed by atoms with Crippen LogP contribution in [0.1, 0.15) is 6.42 Å². The Bertz CT molecular complexity index is 803. The Labute approximate surface area is 175 Å². The van der Waals surface area contributed by atoms with Gasteiger partial charge in [-0.05, 0) is 42.8 Å². The summed E-state index contributed by atoms with van der Waals surface area (Å²) in [5.74, 6) is 1.31. The van der Waals surface area contributed by atoms with E-state index in [1.54, 1.807) is 25.2 Å². The number of para-hydroxylation sites is 2. The third-order valence-electron chi connectivity index (χ3n) is 4.61. The van der Waals surface area contributed by atoms with E-state index in [0.29, 0.717) is 23.0 Å². The lowest BCUT2D eigenvalue weighted by molar-refractivity contribution is 0.0723. The molecule has 7 nitrogen and oxygen atoms in total. The number of nitrogens with zero attached hydrogens (tertiary/aromatic N) is 1. The normalized spacial score (nSPS) is 17.6. The fourth-order valence-electron chi connectivity index (χ4n) is 3.18. The van der Waals surface area contributed by atoms with Crippen molar-refractivity contribution >= 4 is 23.3 Å². The van der Waals surface area contributed by atoms with Crippen molar-refractivity contribution in [3.63, 3.8) is 0 Å². The number of amides is 2. The van der Waals surface area contributed by atoms with E-state index in [1.807, 2.05) is 30.3 Å². The van der Waals surface area contributed by atoms with Gasteiger partial charge in [-0.3, -0.25) is 4.90 Å². The number of ether oxygens (including phenoxy) is 2. The van der Waals surface area contributed by atoms with Crippen molar-refractivity contribution < 1.29 is 19.4 Å². The highest BCUT2D eigenvalue weighted by atomic mass is 35.5. The van der Waals surface area contributed by atoms with Crippen molar-refractivity contribution in [3.05, 3.63) is 53.6 Å². The molecule has 3 N–H and O–H groups in total. The number of urea groups is 1. The van der Waals surface area contributed by atoms with Crippen LogP contribution in [0.5, 0.6) is 11.5 Å². The Morgan fingerprint density at radius 2 is 2.03 bits per heavy atom. The zero-order chi connectivity index (χ0) is 20.6. The Morgan fingerprint density at radius 3 is 2.79 bits per heavy atom. The first-order valence-corrected chi connectivity index (χ1v) is 9.94. The molecule has 1 aliphatic heterocycles. The van der Waals surface area contributed by atoms with Crippen molar-refractivity contribution in [1.29, 1.82) is 0 Å². The van der Waals surface area contributed by atoms with Crippen molar-refractivity contribution in [2.75, 3.05) is 38.6 Å². The van der Waals surface area contributed by atoms with E-state index < -0.39 is 6.10 Å². The van der Waals surface area contributed by atoms with Crippen LogP contribution in [-0.4, -0.2) is 61.5 Å². The van der Waals surface area contributed by atoms with Crippen LogP contribution < -0.4 is 20.1 Å². The molecule has 1 heterocycles. The van der Waals surface area contributed by atoms with E-state index in [2.05, 4.69) is 15.5 Å². The van der Waals surface area contributed by atoms with Gasteiger partial charge >= 0.3 is 6.03 Å². The molecule has 2 atom stereocenters. The van der Waals surface area contributed by atoms with Crippen molar-refractivity contribution in [2.45, 2.75) is 18.6 Å². The summed E-state index contributed by atoms with van der Waals surface area (Å²) in [6, 6.07) is 14.1. The number of benzene rings is 2. The first-order chi connectivity index (χ1) is 14.0. The summed E-state index contributed by atoms with van der Waals surface area (Å²) in [6.45, 7) is 2.22. The molecule has 2 aromatic rings. The number of rotatable bonds is 8. The Balaban J connectivity index is 1.44. The minimum atomic E-state index is -0.655. The molecule has 0 aromatic heterocycles. The molecule has 2 amide bonds. The summed E-state index contributed by atoms with van der Waals surface area (Å²) in [5.41, 5.74) is 0.552. The Kier molecular flexibility index (Phi) is 7.57. The molecule has 0 radical (unpaired) electrons. The van der Waals surface area contributed by atoms with Gasteiger partial charge in [0.25, 0.3) is 0 Å². The molecule has 1 aliphatic rings. The van der Waals surface area contributed by atoms with Crippen LogP contribution in [-0.2, 0) is 0 Å². The Morgan fingerprint density at radius 1 is 1.28 bits per heavy atom. The Hall–Kier alpha value is -2.48. The second-order valence-corrected chi connectivity index (χ2v) is 7.34. The molecular formula is C21H26ClN3O4. The van der Waals surface area contributed by atoms with Crippen LogP contribution in [0.2, 0.25) is 5.02 Å². The second-order valence-electron chi connectivity index (χ2n) is 6.91. The standard InChI is InChI=1S/C21H26ClN3O4/c1-23-21(27)24-19-4-2-3-5-20(19)28-14-16(26)12-25-11-10-18(13-25)29-17-8-6-15(22)7-9-17/h2-9,16,18,26H,10-14H2,1H3,(H2,23,24,27). The number of aliphatic hydroxyl groups is 1. The third kappa shape index (κ3) is 6.52. The van der Waals surface area contributed by atoms with Crippen LogP contribution in [0.15, 0.2) is 48.5 Å². The van der Waals surface area contributed by atoms with Gasteiger partial charge in [0.15, 0.2) is 0 Å². The van der Waals surface area contributed by atoms with Crippen molar-refractivity contribution in [2.24, 2.45) is 0 Å². The van der Waals surface area contributed by atoms with Crippen LogP contribution >= 0.6 is 11.6 Å². The zero-order valence-electron chi connectivity index (χ0n) is 16.3. The summed E-state index contributed by atoms with van der Waals surface area (Å²) in [6.07, 6.45) is 0.328. The molecule has 8 heteroatoms. The molecule has 29 heavy (non-hydrogen) atoms. The highest BCUT2D eigenvalue weighted by Gasteiger charge is 2.25. The first-order valence-electron chi connectivity index (χ1n) is 9.56. The molecule has 0 saturated carbocycles. The summed E-state index contributed by atoms with van der Waals surface area (Å²) in [7, 11) is 1.54.